The number of furan rings is 1. The molecule has 9 nitrogen and oxygen atoms in total. The molecule has 0 spiro atoms. The molecule has 160 valence electrons. The summed E-state index contributed by atoms with van der Waals surface area (Å²) in [5.74, 6) is 2.90. The Morgan fingerprint density at radius 3 is 2.55 bits per heavy atom. The average molecular weight is 422 g/mol. The summed E-state index contributed by atoms with van der Waals surface area (Å²) < 4.78 is 23.8. The van der Waals surface area contributed by atoms with Crippen LogP contribution >= 0.6 is 0 Å². The smallest absolute Gasteiger partial charge is 0.226 e. The fourth-order valence-corrected chi connectivity index (χ4v) is 4.44. The molecule has 3 heterocycles. The van der Waals surface area contributed by atoms with Crippen LogP contribution in [0.25, 0.3) is 0 Å². The van der Waals surface area contributed by atoms with Crippen molar-refractivity contribution < 1.29 is 23.4 Å². The van der Waals surface area contributed by atoms with E-state index in [0.29, 0.717) is 41.6 Å². The Hall–Kier alpha value is -3.75. The Bertz CT molecular complexity index is 1140. The summed E-state index contributed by atoms with van der Waals surface area (Å²) in [7, 11) is 4.68. The topological polar surface area (TPSA) is 101 Å². The van der Waals surface area contributed by atoms with E-state index >= 15 is 0 Å². The maximum Gasteiger partial charge on any atom is 0.226 e. The average Bonchev–Trinajstić information content (AvgIpc) is 3.48. The quantitative estimate of drug-likeness (QED) is 0.668. The number of carbonyl (C=O) groups excluding carboxylic acids is 1. The molecule has 0 amide bonds. The van der Waals surface area contributed by atoms with Crippen LogP contribution in [0.2, 0.25) is 0 Å². The van der Waals surface area contributed by atoms with Gasteiger partial charge in [0.05, 0.1) is 27.6 Å². The summed E-state index contributed by atoms with van der Waals surface area (Å²) in [6.07, 6.45) is 4.11. The minimum absolute atomic E-state index is 0.0242. The molecule has 1 N–H and O–H groups in total. The lowest BCUT2D eigenvalue weighted by Crippen LogP contribution is -2.33. The summed E-state index contributed by atoms with van der Waals surface area (Å²) >= 11 is 0. The Kier molecular flexibility index (Phi) is 4.65. The molecular weight excluding hydrogens is 400 g/mol. The van der Waals surface area contributed by atoms with Crippen molar-refractivity contribution in [2.45, 2.75) is 24.8 Å². The van der Waals surface area contributed by atoms with E-state index < -0.39 is 6.04 Å². The third kappa shape index (κ3) is 3.04. The molecule has 2 atom stereocenters. The van der Waals surface area contributed by atoms with Gasteiger partial charge < -0.3 is 23.9 Å². The molecular formula is C22H22N4O5. The first-order valence-electron chi connectivity index (χ1n) is 9.90. The molecule has 5 rings (SSSR count). The fraction of sp³-hybridized carbons (Fsp3) is 0.318. The molecule has 0 fully saturated rings. The van der Waals surface area contributed by atoms with Crippen molar-refractivity contribution >= 4 is 11.7 Å². The second-order valence-corrected chi connectivity index (χ2v) is 7.45. The van der Waals surface area contributed by atoms with Crippen LogP contribution < -0.4 is 19.5 Å². The Balaban J connectivity index is 1.65. The number of ketones is 1. The molecule has 0 radical (unpaired) electrons. The summed E-state index contributed by atoms with van der Waals surface area (Å²) in [4.78, 5) is 17.7. The zero-order valence-corrected chi connectivity index (χ0v) is 17.4. The number of rotatable bonds is 5. The molecule has 9 heteroatoms. The van der Waals surface area contributed by atoms with Crippen LogP contribution in [0.1, 0.15) is 36.1 Å². The Morgan fingerprint density at radius 1 is 1.13 bits per heavy atom. The van der Waals surface area contributed by atoms with Crippen molar-refractivity contribution in [1.82, 2.24) is 14.8 Å². The molecule has 1 aromatic carbocycles. The number of ether oxygens (including phenoxy) is 3. The predicted octanol–water partition coefficient (Wildman–Crippen LogP) is 3.31. The van der Waals surface area contributed by atoms with Crippen molar-refractivity contribution in [1.29, 1.82) is 0 Å². The lowest BCUT2D eigenvalue weighted by molar-refractivity contribution is -0.117. The van der Waals surface area contributed by atoms with Crippen molar-refractivity contribution in [3.05, 3.63) is 59.4 Å². The number of aromatic nitrogens is 3. The molecule has 1 aliphatic heterocycles. The van der Waals surface area contributed by atoms with Gasteiger partial charge in [-0.1, -0.05) is 0 Å². The van der Waals surface area contributed by atoms with Crippen LogP contribution in [0.15, 0.2) is 52.5 Å². The summed E-state index contributed by atoms with van der Waals surface area (Å²) in [5.41, 5.74) is 2.28. The standard InChI is InChI=1S/C22H22N4O5/c1-28-17-9-13(10-18(29-2)21(17)30-3)20-19-14(25-22-23-11-24-26(20)22)7-12(8-15(19)27)16-5-4-6-31-16/h4-6,9-12,20H,7-8H2,1-3H3,(H,23,24,25)/t12-,20-/m1/s1. The lowest BCUT2D eigenvalue weighted by Gasteiger charge is -2.34. The Morgan fingerprint density at radius 2 is 1.90 bits per heavy atom. The highest BCUT2D eigenvalue weighted by Crippen LogP contribution is 2.47. The minimum atomic E-state index is -0.465. The van der Waals surface area contributed by atoms with E-state index in [2.05, 4.69) is 15.4 Å². The molecule has 1 aliphatic carbocycles. The number of nitrogens with zero attached hydrogens (tertiary/aromatic N) is 3. The number of carbonyl (C=O) groups is 1. The number of nitrogens with one attached hydrogen (secondary N) is 1. The van der Waals surface area contributed by atoms with Crippen molar-refractivity contribution in [2.24, 2.45) is 0 Å². The largest absolute Gasteiger partial charge is 0.493 e. The molecule has 0 bridgehead atoms. The molecule has 31 heavy (non-hydrogen) atoms. The van der Waals surface area contributed by atoms with Crippen molar-refractivity contribution in [2.75, 3.05) is 26.6 Å². The van der Waals surface area contributed by atoms with Gasteiger partial charge in [0.25, 0.3) is 0 Å². The fourth-order valence-electron chi connectivity index (χ4n) is 4.44. The summed E-state index contributed by atoms with van der Waals surface area (Å²) in [6.45, 7) is 0. The molecule has 3 aromatic rings. The lowest BCUT2D eigenvalue weighted by atomic mass is 9.79. The van der Waals surface area contributed by atoms with Crippen LogP contribution in [-0.2, 0) is 4.79 Å². The second kappa shape index (κ2) is 7.50. The highest BCUT2D eigenvalue weighted by molar-refractivity contribution is 6.00. The normalized spacial score (nSPS) is 20.0. The first kappa shape index (κ1) is 19.2. The highest BCUT2D eigenvalue weighted by Gasteiger charge is 2.40. The maximum atomic E-state index is 13.4. The van der Waals surface area contributed by atoms with Crippen LogP contribution in [0.3, 0.4) is 0 Å². The first-order chi connectivity index (χ1) is 15.1. The number of hydrogen-bond donors (Lipinski definition) is 1. The number of hydrogen-bond acceptors (Lipinski definition) is 8. The molecule has 0 saturated heterocycles. The highest BCUT2D eigenvalue weighted by atomic mass is 16.5. The maximum absolute atomic E-state index is 13.4. The van der Waals surface area contributed by atoms with Crippen LogP contribution in [0.5, 0.6) is 17.2 Å². The SMILES string of the molecule is COc1cc([C@@H]2C3=C(C[C@@H](c4ccco4)CC3=O)Nc3ncnn32)cc(OC)c1OC. The van der Waals surface area contributed by atoms with Gasteiger partial charge in [0, 0.05) is 23.6 Å². The van der Waals surface area contributed by atoms with E-state index in [-0.39, 0.29) is 11.7 Å². The minimum Gasteiger partial charge on any atom is -0.493 e. The zero-order chi connectivity index (χ0) is 21.5. The Labute approximate surface area is 178 Å². The van der Waals surface area contributed by atoms with Crippen LogP contribution in [0.4, 0.5) is 5.95 Å². The van der Waals surface area contributed by atoms with Gasteiger partial charge in [0.1, 0.15) is 18.1 Å². The van der Waals surface area contributed by atoms with Gasteiger partial charge in [-0.2, -0.15) is 10.1 Å². The van der Waals surface area contributed by atoms with E-state index in [9.17, 15) is 4.79 Å². The van der Waals surface area contributed by atoms with Gasteiger partial charge in [-0.25, -0.2) is 4.68 Å². The predicted molar refractivity (Wildman–Crippen MR) is 111 cm³/mol. The van der Waals surface area contributed by atoms with Crippen molar-refractivity contribution in [3.63, 3.8) is 0 Å². The summed E-state index contributed by atoms with van der Waals surface area (Å²) in [5, 5.41) is 7.69. The van der Waals surface area contributed by atoms with Gasteiger partial charge >= 0.3 is 0 Å². The van der Waals surface area contributed by atoms with E-state index in [1.54, 1.807) is 32.3 Å². The van der Waals surface area contributed by atoms with Gasteiger partial charge in [0.15, 0.2) is 17.3 Å². The molecule has 2 aromatic heterocycles. The van der Waals surface area contributed by atoms with Gasteiger partial charge in [-0.05, 0) is 36.2 Å². The first-order valence-corrected chi connectivity index (χ1v) is 9.90. The molecule has 0 unspecified atom stereocenters. The number of fused-ring (bicyclic) bond motifs is 1. The number of Topliss-reactive ketones (excluding diaryl/α,β-unsaturated/α-hetero) is 1. The molecule has 2 aliphatic rings. The second-order valence-electron chi connectivity index (χ2n) is 7.45. The number of allylic oxidation sites excluding steroid dienone is 2. The van der Waals surface area contributed by atoms with Gasteiger partial charge in [-0.3, -0.25) is 4.79 Å². The number of methoxy groups -OCH3 is 3. The molecule has 0 saturated carbocycles. The van der Waals surface area contributed by atoms with Gasteiger partial charge in [-0.15, -0.1) is 0 Å². The van der Waals surface area contributed by atoms with E-state index in [1.165, 1.54) is 6.33 Å². The van der Waals surface area contributed by atoms with Gasteiger partial charge in [0.2, 0.25) is 11.7 Å². The monoisotopic (exact) mass is 422 g/mol. The van der Waals surface area contributed by atoms with Crippen molar-refractivity contribution in [3.8, 4) is 17.2 Å². The number of benzene rings is 1. The van der Waals surface area contributed by atoms with Crippen LogP contribution in [0, 0.1) is 0 Å². The third-order valence-electron chi connectivity index (χ3n) is 5.81. The number of anilines is 1. The zero-order valence-electron chi connectivity index (χ0n) is 17.4. The van der Waals surface area contributed by atoms with E-state index in [0.717, 1.165) is 17.0 Å². The van der Waals surface area contributed by atoms with Crippen LogP contribution in [-0.4, -0.2) is 41.9 Å². The summed E-state index contributed by atoms with van der Waals surface area (Å²) in [6, 6.07) is 6.98. The van der Waals surface area contributed by atoms with E-state index in [1.807, 2.05) is 24.3 Å². The van der Waals surface area contributed by atoms with E-state index in [4.69, 9.17) is 18.6 Å². The third-order valence-corrected chi connectivity index (χ3v) is 5.81.